The number of nitrogens with zero attached hydrogens (tertiary/aromatic N) is 3. The number of nitrogens with two attached hydrogens (primary N) is 1. The molecule has 0 saturated heterocycles. The summed E-state index contributed by atoms with van der Waals surface area (Å²) < 4.78 is 1.81. The van der Waals surface area contributed by atoms with E-state index >= 15 is 0 Å². The number of nitrogens with one attached hydrogen (secondary N) is 1. The number of anilines is 1. The van der Waals surface area contributed by atoms with Crippen LogP contribution in [0.1, 0.15) is 11.4 Å². The Hall–Kier alpha value is -1.59. The van der Waals surface area contributed by atoms with Gasteiger partial charge in [0.05, 0.1) is 0 Å². The zero-order valence-corrected chi connectivity index (χ0v) is 9.57. The molecular weight excluding hydrogens is 226 g/mol. The maximum atomic E-state index is 5.81. The molecule has 1 aromatic carbocycles. The van der Waals surface area contributed by atoms with Crippen molar-refractivity contribution in [3.05, 3.63) is 40.7 Å². The Morgan fingerprint density at radius 1 is 1.31 bits per heavy atom. The summed E-state index contributed by atoms with van der Waals surface area (Å²) >= 11 is 5.81. The van der Waals surface area contributed by atoms with Gasteiger partial charge in [0.25, 0.3) is 0 Å². The third-order valence-corrected chi connectivity index (χ3v) is 2.62. The number of rotatable bonds is 3. The van der Waals surface area contributed by atoms with E-state index in [1.54, 1.807) is 0 Å². The molecule has 0 bridgehead atoms. The zero-order chi connectivity index (χ0) is 11.5. The summed E-state index contributed by atoms with van der Waals surface area (Å²) in [6.07, 6.45) is 0.697. The second-order valence-electron chi connectivity index (χ2n) is 3.45. The van der Waals surface area contributed by atoms with Gasteiger partial charge >= 0.3 is 0 Å². The lowest BCUT2D eigenvalue weighted by Gasteiger charge is -2.03. The van der Waals surface area contributed by atoms with Gasteiger partial charge in [0.1, 0.15) is 5.82 Å². The number of halogens is 1. The molecule has 6 heteroatoms. The first-order valence-corrected chi connectivity index (χ1v) is 5.18. The molecule has 0 aliphatic carbocycles. The lowest BCUT2D eigenvalue weighted by atomic mass is 10.1. The summed E-state index contributed by atoms with van der Waals surface area (Å²) in [4.78, 5) is 0. The number of nitrogen functional groups attached to an aromatic ring is 1. The molecular formula is C10H12ClN5. The number of benzene rings is 1. The molecule has 0 aliphatic heterocycles. The molecule has 5 nitrogen and oxygen atoms in total. The molecule has 0 spiro atoms. The van der Waals surface area contributed by atoms with Gasteiger partial charge in [-0.2, -0.15) is 0 Å². The molecule has 84 valence electrons. The Kier molecular flexibility index (Phi) is 3.07. The van der Waals surface area contributed by atoms with Crippen molar-refractivity contribution >= 4 is 17.5 Å². The fourth-order valence-corrected chi connectivity index (χ4v) is 1.55. The SMILES string of the molecule is Cn1c(Cc2ccc(Cl)cc2)nnc1NN. The fourth-order valence-electron chi connectivity index (χ4n) is 1.43. The Labute approximate surface area is 98.2 Å². The first kappa shape index (κ1) is 10.9. The first-order valence-electron chi connectivity index (χ1n) is 4.80. The Bertz CT molecular complexity index is 476. The van der Waals surface area contributed by atoms with Crippen molar-refractivity contribution in [1.82, 2.24) is 14.8 Å². The number of aromatic nitrogens is 3. The molecule has 1 aromatic heterocycles. The summed E-state index contributed by atoms with van der Waals surface area (Å²) in [5.74, 6) is 6.67. The van der Waals surface area contributed by atoms with E-state index in [-0.39, 0.29) is 0 Å². The third kappa shape index (κ3) is 2.15. The van der Waals surface area contributed by atoms with E-state index in [2.05, 4.69) is 15.6 Å². The van der Waals surface area contributed by atoms with Crippen molar-refractivity contribution in [2.75, 3.05) is 5.43 Å². The molecule has 16 heavy (non-hydrogen) atoms. The van der Waals surface area contributed by atoms with Crippen molar-refractivity contribution in [2.45, 2.75) is 6.42 Å². The highest BCUT2D eigenvalue weighted by Crippen LogP contribution is 2.13. The van der Waals surface area contributed by atoms with E-state index in [0.29, 0.717) is 12.4 Å². The zero-order valence-electron chi connectivity index (χ0n) is 8.81. The van der Waals surface area contributed by atoms with Crippen molar-refractivity contribution in [2.24, 2.45) is 12.9 Å². The van der Waals surface area contributed by atoms with Crippen LogP contribution in [0.25, 0.3) is 0 Å². The van der Waals surface area contributed by atoms with Gasteiger partial charge in [-0.05, 0) is 17.7 Å². The molecule has 0 aliphatic rings. The van der Waals surface area contributed by atoms with E-state index in [9.17, 15) is 0 Å². The van der Waals surface area contributed by atoms with Crippen LogP contribution in [0.4, 0.5) is 5.95 Å². The molecule has 2 rings (SSSR count). The molecule has 0 unspecified atom stereocenters. The van der Waals surface area contributed by atoms with Gasteiger partial charge < -0.3 is 0 Å². The maximum Gasteiger partial charge on any atom is 0.238 e. The highest BCUT2D eigenvalue weighted by Gasteiger charge is 2.07. The molecule has 0 radical (unpaired) electrons. The quantitative estimate of drug-likeness (QED) is 0.625. The third-order valence-electron chi connectivity index (χ3n) is 2.37. The predicted molar refractivity (Wildman–Crippen MR) is 63.1 cm³/mol. The number of hydrogen-bond donors (Lipinski definition) is 2. The second-order valence-corrected chi connectivity index (χ2v) is 3.88. The highest BCUT2D eigenvalue weighted by atomic mass is 35.5. The standard InChI is InChI=1S/C10H12ClN5/c1-16-9(14-15-10(16)13-12)6-7-2-4-8(11)5-3-7/h2-5H,6,12H2,1H3,(H,13,15). The molecule has 0 fully saturated rings. The summed E-state index contributed by atoms with van der Waals surface area (Å²) in [5.41, 5.74) is 3.61. The monoisotopic (exact) mass is 237 g/mol. The molecule has 0 amide bonds. The summed E-state index contributed by atoms with van der Waals surface area (Å²) in [6, 6.07) is 7.64. The van der Waals surface area contributed by atoms with E-state index in [0.717, 1.165) is 16.4 Å². The van der Waals surface area contributed by atoms with Gasteiger partial charge in [0.2, 0.25) is 5.95 Å². The van der Waals surface area contributed by atoms with Crippen LogP contribution in [0.15, 0.2) is 24.3 Å². The molecule has 2 aromatic rings. The van der Waals surface area contributed by atoms with Crippen molar-refractivity contribution in [3.63, 3.8) is 0 Å². The molecule has 1 heterocycles. The van der Waals surface area contributed by atoms with Crippen LogP contribution in [0.3, 0.4) is 0 Å². The average molecular weight is 238 g/mol. The predicted octanol–water partition coefficient (Wildman–Crippen LogP) is 1.34. The Morgan fingerprint density at radius 2 is 2.00 bits per heavy atom. The minimum atomic E-state index is 0.545. The summed E-state index contributed by atoms with van der Waals surface area (Å²) in [7, 11) is 1.86. The van der Waals surface area contributed by atoms with Crippen LogP contribution in [-0.4, -0.2) is 14.8 Å². The van der Waals surface area contributed by atoms with Crippen LogP contribution in [0, 0.1) is 0 Å². The summed E-state index contributed by atoms with van der Waals surface area (Å²) in [5, 5.41) is 8.67. The second kappa shape index (κ2) is 4.51. The molecule has 0 atom stereocenters. The lowest BCUT2D eigenvalue weighted by Crippen LogP contribution is -2.12. The first-order chi connectivity index (χ1) is 7.70. The topological polar surface area (TPSA) is 68.8 Å². The van der Waals surface area contributed by atoms with Crippen LogP contribution in [0.5, 0.6) is 0 Å². The van der Waals surface area contributed by atoms with Gasteiger partial charge in [-0.15, -0.1) is 10.2 Å². The van der Waals surface area contributed by atoms with Crippen LogP contribution >= 0.6 is 11.6 Å². The van der Waals surface area contributed by atoms with Crippen LogP contribution in [0.2, 0.25) is 5.02 Å². The minimum Gasteiger partial charge on any atom is -0.299 e. The minimum absolute atomic E-state index is 0.545. The van der Waals surface area contributed by atoms with Gasteiger partial charge in [0, 0.05) is 18.5 Å². The summed E-state index contributed by atoms with van der Waals surface area (Å²) in [6.45, 7) is 0. The van der Waals surface area contributed by atoms with Gasteiger partial charge in [-0.25, -0.2) is 5.84 Å². The fraction of sp³-hybridized carbons (Fsp3) is 0.200. The maximum absolute atomic E-state index is 5.81. The smallest absolute Gasteiger partial charge is 0.238 e. The van der Waals surface area contributed by atoms with Gasteiger partial charge in [-0.1, -0.05) is 23.7 Å². The molecule has 0 saturated carbocycles. The van der Waals surface area contributed by atoms with Gasteiger partial charge in [0.15, 0.2) is 0 Å². The van der Waals surface area contributed by atoms with Crippen molar-refractivity contribution in [1.29, 1.82) is 0 Å². The lowest BCUT2D eigenvalue weighted by molar-refractivity contribution is 0.823. The largest absolute Gasteiger partial charge is 0.299 e. The number of hydrogen-bond acceptors (Lipinski definition) is 4. The van der Waals surface area contributed by atoms with Crippen LogP contribution < -0.4 is 11.3 Å². The van der Waals surface area contributed by atoms with Crippen LogP contribution in [-0.2, 0) is 13.5 Å². The number of hydrazine groups is 1. The van der Waals surface area contributed by atoms with Gasteiger partial charge in [-0.3, -0.25) is 9.99 Å². The normalized spacial score (nSPS) is 10.4. The van der Waals surface area contributed by atoms with E-state index in [4.69, 9.17) is 17.4 Å². The van der Waals surface area contributed by atoms with Crippen molar-refractivity contribution in [3.8, 4) is 0 Å². The average Bonchev–Trinajstić information content (AvgIpc) is 2.63. The van der Waals surface area contributed by atoms with E-state index < -0.39 is 0 Å². The highest BCUT2D eigenvalue weighted by molar-refractivity contribution is 6.30. The Balaban J connectivity index is 2.20. The van der Waals surface area contributed by atoms with E-state index in [1.807, 2.05) is 35.9 Å². The Morgan fingerprint density at radius 3 is 2.56 bits per heavy atom. The van der Waals surface area contributed by atoms with Crippen molar-refractivity contribution < 1.29 is 0 Å². The molecule has 3 N–H and O–H groups in total. The van der Waals surface area contributed by atoms with E-state index in [1.165, 1.54) is 0 Å².